The molecule has 0 spiro atoms. The Balaban J connectivity index is 1.62. The second-order valence-electron chi connectivity index (χ2n) is 4.77. The molecule has 5 amide bonds. The normalized spacial score (nSPS) is 17.5. The molecule has 2 aliphatic rings. The fraction of sp³-hybridized carbons (Fsp3) is 0.214. The average Bonchev–Trinajstić information content (AvgIpc) is 2.72. The van der Waals surface area contributed by atoms with Gasteiger partial charge in [-0.3, -0.25) is 24.6 Å². The Morgan fingerprint density at radius 2 is 1.73 bits per heavy atom. The van der Waals surface area contributed by atoms with Crippen molar-refractivity contribution in [1.29, 1.82) is 0 Å². The molecule has 0 radical (unpaired) electrons. The van der Waals surface area contributed by atoms with Crippen LogP contribution in [0.15, 0.2) is 29.3 Å². The first-order valence-electron chi connectivity index (χ1n) is 6.49. The Morgan fingerprint density at radius 1 is 1.09 bits per heavy atom. The number of carbonyl (C=O) groups excluding carboxylic acids is 4. The smallest absolute Gasteiger partial charge is 0.276 e. The summed E-state index contributed by atoms with van der Waals surface area (Å²) in [6, 6.07) is 5.99. The van der Waals surface area contributed by atoms with E-state index in [0.29, 0.717) is 22.6 Å². The van der Waals surface area contributed by atoms with Crippen molar-refractivity contribution in [1.82, 2.24) is 10.2 Å². The second-order valence-corrected chi connectivity index (χ2v) is 5.72. The summed E-state index contributed by atoms with van der Waals surface area (Å²) in [7, 11) is 0. The minimum absolute atomic E-state index is 0.0564. The number of imide groups is 2. The molecule has 112 valence electrons. The lowest BCUT2D eigenvalue weighted by Gasteiger charge is -2.15. The zero-order valence-corrected chi connectivity index (χ0v) is 12.2. The van der Waals surface area contributed by atoms with Gasteiger partial charge in [0.25, 0.3) is 11.8 Å². The van der Waals surface area contributed by atoms with E-state index in [-0.39, 0.29) is 24.1 Å². The van der Waals surface area contributed by atoms with Gasteiger partial charge in [-0.2, -0.15) is 0 Å². The van der Waals surface area contributed by atoms with Crippen LogP contribution in [-0.2, 0) is 4.79 Å². The summed E-state index contributed by atoms with van der Waals surface area (Å²) in [6.45, 7) is 0. The molecular formula is C14H11N3O4S. The Morgan fingerprint density at radius 3 is 2.32 bits per heavy atom. The summed E-state index contributed by atoms with van der Waals surface area (Å²) in [5, 5.41) is 2.07. The van der Waals surface area contributed by atoms with Gasteiger partial charge in [0.05, 0.1) is 23.4 Å². The van der Waals surface area contributed by atoms with Gasteiger partial charge in [-0.05, 0) is 12.1 Å². The van der Waals surface area contributed by atoms with Crippen molar-refractivity contribution in [3.63, 3.8) is 0 Å². The Labute approximate surface area is 129 Å². The van der Waals surface area contributed by atoms with Gasteiger partial charge in [-0.25, -0.2) is 9.79 Å². The van der Waals surface area contributed by atoms with E-state index in [1.54, 1.807) is 24.3 Å². The molecule has 0 unspecified atom stereocenters. The third kappa shape index (κ3) is 2.64. The van der Waals surface area contributed by atoms with E-state index in [4.69, 9.17) is 0 Å². The molecule has 0 aromatic heterocycles. The van der Waals surface area contributed by atoms with Gasteiger partial charge in [-0.15, -0.1) is 11.8 Å². The highest BCUT2D eigenvalue weighted by Gasteiger charge is 2.34. The zero-order chi connectivity index (χ0) is 15.7. The molecule has 0 fully saturated rings. The fourth-order valence-electron chi connectivity index (χ4n) is 2.25. The summed E-state index contributed by atoms with van der Waals surface area (Å²) < 4.78 is 0. The standard InChI is InChI=1S/C14H11N3O4S/c18-11-5-8(15-14(21)16-11)6-22-7-17-12(19)9-3-1-2-4-10(9)13(17)20/h1-4H,5-7H2,(H,16,18,21). The van der Waals surface area contributed by atoms with Crippen molar-refractivity contribution in [2.24, 2.45) is 4.99 Å². The van der Waals surface area contributed by atoms with Gasteiger partial charge in [0, 0.05) is 11.5 Å². The number of hydrogen-bond donors (Lipinski definition) is 1. The largest absolute Gasteiger partial charge is 0.347 e. The van der Waals surface area contributed by atoms with Crippen molar-refractivity contribution in [3.05, 3.63) is 35.4 Å². The highest BCUT2D eigenvalue weighted by atomic mass is 32.2. The first-order valence-corrected chi connectivity index (χ1v) is 7.65. The number of fused-ring (bicyclic) bond motifs is 1. The monoisotopic (exact) mass is 317 g/mol. The SMILES string of the molecule is O=C1CC(CSCN2C(=O)c3ccccc3C2=O)=NC(=O)N1. The highest BCUT2D eigenvalue weighted by Crippen LogP contribution is 2.24. The first kappa shape index (κ1) is 14.5. The van der Waals surface area contributed by atoms with E-state index in [1.165, 1.54) is 11.8 Å². The molecule has 0 atom stereocenters. The molecule has 22 heavy (non-hydrogen) atoms. The number of nitrogens with one attached hydrogen (secondary N) is 1. The number of rotatable bonds is 4. The molecule has 1 aromatic carbocycles. The quantitative estimate of drug-likeness (QED) is 0.838. The van der Waals surface area contributed by atoms with Crippen LogP contribution < -0.4 is 5.32 Å². The molecule has 2 aliphatic heterocycles. The van der Waals surface area contributed by atoms with Gasteiger partial charge >= 0.3 is 6.03 Å². The molecule has 7 nitrogen and oxygen atoms in total. The summed E-state index contributed by atoms with van der Waals surface area (Å²) in [5.41, 5.74) is 1.24. The summed E-state index contributed by atoms with van der Waals surface area (Å²) >= 11 is 1.26. The Kier molecular flexibility index (Phi) is 3.76. The third-order valence-corrected chi connectivity index (χ3v) is 4.22. The molecule has 2 heterocycles. The van der Waals surface area contributed by atoms with Gasteiger partial charge in [0.1, 0.15) is 0 Å². The number of urea groups is 1. The van der Waals surface area contributed by atoms with Gasteiger partial charge in [-0.1, -0.05) is 12.1 Å². The maximum atomic E-state index is 12.1. The maximum absolute atomic E-state index is 12.1. The summed E-state index contributed by atoms with van der Waals surface area (Å²) in [4.78, 5) is 51.5. The number of carbonyl (C=O) groups is 4. The molecule has 8 heteroatoms. The lowest BCUT2D eigenvalue weighted by atomic mass is 10.1. The van der Waals surface area contributed by atoms with Crippen molar-refractivity contribution < 1.29 is 19.2 Å². The predicted octanol–water partition coefficient (Wildman–Crippen LogP) is 1.05. The van der Waals surface area contributed by atoms with E-state index in [1.807, 2.05) is 0 Å². The van der Waals surface area contributed by atoms with Crippen molar-refractivity contribution in [2.75, 3.05) is 11.6 Å². The van der Waals surface area contributed by atoms with Crippen molar-refractivity contribution >= 4 is 41.2 Å². The molecule has 0 bridgehead atoms. The van der Waals surface area contributed by atoms with Gasteiger partial charge in [0.2, 0.25) is 5.91 Å². The minimum atomic E-state index is -0.674. The number of amides is 5. The summed E-state index contributed by atoms with van der Waals surface area (Å²) in [6.07, 6.45) is 0.0564. The van der Waals surface area contributed by atoms with Crippen molar-refractivity contribution in [3.8, 4) is 0 Å². The zero-order valence-electron chi connectivity index (χ0n) is 11.4. The van der Waals surface area contributed by atoms with E-state index in [9.17, 15) is 19.2 Å². The molecule has 3 rings (SSSR count). The van der Waals surface area contributed by atoms with Crippen LogP contribution in [0.5, 0.6) is 0 Å². The number of benzene rings is 1. The molecular weight excluding hydrogens is 306 g/mol. The molecule has 0 aliphatic carbocycles. The topological polar surface area (TPSA) is 95.9 Å². The van der Waals surface area contributed by atoms with Crippen LogP contribution in [0.25, 0.3) is 0 Å². The summed E-state index contributed by atoms with van der Waals surface area (Å²) in [5.74, 6) is -0.579. The number of aliphatic imine (C=N–C) groups is 1. The second kappa shape index (κ2) is 5.72. The lowest BCUT2D eigenvalue weighted by Crippen LogP contribution is -2.36. The predicted molar refractivity (Wildman–Crippen MR) is 79.9 cm³/mol. The van der Waals surface area contributed by atoms with Gasteiger partial charge in [0.15, 0.2) is 0 Å². The molecule has 1 N–H and O–H groups in total. The Bertz CT molecular complexity index is 694. The average molecular weight is 317 g/mol. The van der Waals surface area contributed by atoms with Gasteiger partial charge < -0.3 is 0 Å². The van der Waals surface area contributed by atoms with Crippen molar-refractivity contribution in [2.45, 2.75) is 6.42 Å². The van der Waals surface area contributed by atoms with E-state index < -0.39 is 11.9 Å². The first-order chi connectivity index (χ1) is 10.6. The lowest BCUT2D eigenvalue weighted by molar-refractivity contribution is -0.118. The number of thioether (sulfide) groups is 1. The number of nitrogens with zero attached hydrogens (tertiary/aromatic N) is 2. The molecule has 1 aromatic rings. The third-order valence-electron chi connectivity index (χ3n) is 3.24. The van der Waals surface area contributed by atoms with Crippen LogP contribution in [0.3, 0.4) is 0 Å². The Hall–Kier alpha value is -2.48. The van der Waals surface area contributed by atoms with Crippen LogP contribution in [0.2, 0.25) is 0 Å². The minimum Gasteiger partial charge on any atom is -0.276 e. The molecule has 0 saturated heterocycles. The van der Waals surface area contributed by atoms with Crippen LogP contribution >= 0.6 is 11.8 Å². The van der Waals surface area contributed by atoms with Crippen LogP contribution in [-0.4, -0.2) is 46.0 Å². The highest BCUT2D eigenvalue weighted by molar-refractivity contribution is 7.99. The van der Waals surface area contributed by atoms with Crippen LogP contribution in [0.1, 0.15) is 27.1 Å². The van der Waals surface area contributed by atoms with E-state index >= 15 is 0 Å². The van der Waals surface area contributed by atoms with Crippen LogP contribution in [0, 0.1) is 0 Å². The maximum Gasteiger partial charge on any atom is 0.347 e. The van der Waals surface area contributed by atoms with E-state index in [0.717, 1.165) is 4.90 Å². The number of hydrogen-bond acceptors (Lipinski definition) is 5. The van der Waals surface area contributed by atoms with Crippen LogP contribution in [0.4, 0.5) is 4.79 Å². The fourth-order valence-corrected chi connectivity index (χ4v) is 3.16. The van der Waals surface area contributed by atoms with E-state index in [2.05, 4.69) is 10.3 Å². The molecule has 0 saturated carbocycles.